The van der Waals surface area contributed by atoms with Crippen molar-refractivity contribution in [3.63, 3.8) is 0 Å². The first-order valence-electron chi connectivity index (χ1n) is 7.52. The second kappa shape index (κ2) is 6.83. The summed E-state index contributed by atoms with van der Waals surface area (Å²) in [5, 5.41) is 17.1. The molecule has 0 aromatic heterocycles. The van der Waals surface area contributed by atoms with Crippen molar-refractivity contribution in [2.75, 3.05) is 13.7 Å². The van der Waals surface area contributed by atoms with Crippen LogP contribution in [0.2, 0.25) is 0 Å². The fourth-order valence-corrected chi connectivity index (χ4v) is 2.40. The second-order valence-corrected chi connectivity index (χ2v) is 5.99. The van der Waals surface area contributed by atoms with E-state index in [0.29, 0.717) is 0 Å². The van der Waals surface area contributed by atoms with Crippen LogP contribution in [0.1, 0.15) is 30.9 Å². The molecule has 0 fully saturated rings. The molecular formula is C16H18F3N3O3. The van der Waals surface area contributed by atoms with Gasteiger partial charge < -0.3 is 10.4 Å². The van der Waals surface area contributed by atoms with Gasteiger partial charge in [0, 0.05) is 19.9 Å². The number of benzene rings is 1. The van der Waals surface area contributed by atoms with Crippen molar-refractivity contribution in [2.45, 2.75) is 31.5 Å². The van der Waals surface area contributed by atoms with Gasteiger partial charge in [-0.3, -0.25) is 9.59 Å². The quantitative estimate of drug-likeness (QED) is 0.859. The summed E-state index contributed by atoms with van der Waals surface area (Å²) in [6, 6.07) is 4.40. The molecule has 1 unspecified atom stereocenters. The molecule has 1 aromatic carbocycles. The van der Waals surface area contributed by atoms with Crippen LogP contribution in [0.3, 0.4) is 0 Å². The lowest BCUT2D eigenvalue weighted by Crippen LogP contribution is -2.50. The number of alkyl halides is 3. The molecule has 1 aliphatic heterocycles. The highest BCUT2D eigenvalue weighted by Crippen LogP contribution is 2.32. The van der Waals surface area contributed by atoms with Gasteiger partial charge >= 0.3 is 6.18 Å². The minimum absolute atomic E-state index is 0.0775. The third-order valence-electron chi connectivity index (χ3n) is 4.00. The summed E-state index contributed by atoms with van der Waals surface area (Å²) in [5.74, 6) is -0.882. The highest BCUT2D eigenvalue weighted by Gasteiger charge is 2.35. The van der Waals surface area contributed by atoms with Crippen LogP contribution >= 0.6 is 0 Å². The molecule has 0 saturated carbocycles. The molecule has 25 heavy (non-hydrogen) atoms. The third-order valence-corrected chi connectivity index (χ3v) is 4.00. The molecule has 0 bridgehead atoms. The monoisotopic (exact) mass is 357 g/mol. The molecule has 2 N–H and O–H groups in total. The molecule has 2 rings (SSSR count). The standard InChI is InChI=1S/C16H18F3N3O3/c1-15(9-23,10-4-3-5-11(8-10)16(17,18)19)20-14(25)12-6-7-13(24)22(2)21-12/h3-5,8,23H,6-7,9H2,1-2H3,(H,20,25). The number of hydrogen-bond donors (Lipinski definition) is 2. The number of carbonyl (C=O) groups is 2. The zero-order valence-corrected chi connectivity index (χ0v) is 13.7. The molecular weight excluding hydrogens is 339 g/mol. The normalized spacial score (nSPS) is 17.8. The van der Waals surface area contributed by atoms with Crippen LogP contribution in [-0.4, -0.2) is 41.3 Å². The third kappa shape index (κ3) is 4.16. The van der Waals surface area contributed by atoms with Gasteiger partial charge in [0.05, 0.1) is 17.7 Å². The first kappa shape index (κ1) is 18.9. The molecule has 6 nitrogen and oxygen atoms in total. The Hall–Kier alpha value is -2.42. The number of hydrazone groups is 1. The minimum atomic E-state index is -4.53. The number of aliphatic hydroxyl groups excluding tert-OH is 1. The van der Waals surface area contributed by atoms with E-state index in [9.17, 15) is 27.9 Å². The maximum absolute atomic E-state index is 12.9. The highest BCUT2D eigenvalue weighted by atomic mass is 19.4. The maximum atomic E-state index is 12.9. The number of aliphatic hydroxyl groups is 1. The maximum Gasteiger partial charge on any atom is 0.416 e. The van der Waals surface area contributed by atoms with Crippen molar-refractivity contribution >= 4 is 17.5 Å². The Bertz CT molecular complexity index is 718. The van der Waals surface area contributed by atoms with E-state index in [-0.39, 0.29) is 30.0 Å². The largest absolute Gasteiger partial charge is 0.416 e. The lowest BCUT2D eigenvalue weighted by Gasteiger charge is -2.31. The van der Waals surface area contributed by atoms with Gasteiger partial charge in [0.15, 0.2) is 0 Å². The molecule has 1 atom stereocenters. The molecule has 0 radical (unpaired) electrons. The van der Waals surface area contributed by atoms with Crippen molar-refractivity contribution in [1.29, 1.82) is 0 Å². The number of halogens is 3. The van der Waals surface area contributed by atoms with Crippen LogP contribution < -0.4 is 5.32 Å². The predicted octanol–water partition coefficient (Wildman–Crippen LogP) is 1.64. The van der Waals surface area contributed by atoms with Gasteiger partial charge in [0.25, 0.3) is 5.91 Å². The lowest BCUT2D eigenvalue weighted by molar-refractivity contribution is -0.137. The summed E-state index contributed by atoms with van der Waals surface area (Å²) in [7, 11) is 1.41. The van der Waals surface area contributed by atoms with E-state index in [1.165, 1.54) is 26.1 Å². The highest BCUT2D eigenvalue weighted by molar-refractivity contribution is 6.39. The van der Waals surface area contributed by atoms with Gasteiger partial charge in [0.2, 0.25) is 5.91 Å². The zero-order valence-electron chi connectivity index (χ0n) is 13.7. The number of rotatable bonds is 4. The summed E-state index contributed by atoms with van der Waals surface area (Å²) in [6.45, 7) is 0.806. The van der Waals surface area contributed by atoms with Crippen molar-refractivity contribution in [3.8, 4) is 0 Å². The molecule has 1 aliphatic rings. The SMILES string of the molecule is CN1N=C(C(=O)NC(C)(CO)c2cccc(C(F)(F)F)c2)CCC1=O. The smallest absolute Gasteiger partial charge is 0.394 e. The molecule has 1 heterocycles. The zero-order chi connectivity index (χ0) is 18.8. The Morgan fingerprint density at radius 3 is 2.52 bits per heavy atom. The Labute approximate surface area is 142 Å². The number of nitrogens with one attached hydrogen (secondary N) is 1. The van der Waals surface area contributed by atoms with Crippen LogP contribution in [0.25, 0.3) is 0 Å². The average Bonchev–Trinajstić information content (AvgIpc) is 2.56. The van der Waals surface area contributed by atoms with Gasteiger partial charge in [-0.25, -0.2) is 5.01 Å². The molecule has 0 aliphatic carbocycles. The molecule has 0 spiro atoms. The minimum Gasteiger partial charge on any atom is -0.394 e. The fraction of sp³-hybridized carbons (Fsp3) is 0.438. The predicted molar refractivity (Wildman–Crippen MR) is 83.5 cm³/mol. The van der Waals surface area contributed by atoms with Crippen LogP contribution in [0.4, 0.5) is 13.2 Å². The van der Waals surface area contributed by atoms with E-state index in [4.69, 9.17) is 0 Å². The average molecular weight is 357 g/mol. The summed E-state index contributed by atoms with van der Waals surface area (Å²) >= 11 is 0. The topological polar surface area (TPSA) is 82.0 Å². The van der Waals surface area contributed by atoms with E-state index < -0.39 is 29.8 Å². The van der Waals surface area contributed by atoms with Crippen molar-refractivity contribution in [1.82, 2.24) is 10.3 Å². The number of carbonyl (C=O) groups excluding carboxylic acids is 2. The van der Waals surface area contributed by atoms with Crippen LogP contribution in [0.5, 0.6) is 0 Å². The summed E-state index contributed by atoms with van der Waals surface area (Å²) in [5.41, 5.74) is -2.12. The van der Waals surface area contributed by atoms with Crippen LogP contribution in [0.15, 0.2) is 29.4 Å². The van der Waals surface area contributed by atoms with Crippen LogP contribution in [0, 0.1) is 0 Å². The van der Waals surface area contributed by atoms with E-state index in [2.05, 4.69) is 10.4 Å². The summed E-state index contributed by atoms with van der Waals surface area (Å²) in [4.78, 5) is 23.8. The van der Waals surface area contributed by atoms with Gasteiger partial charge in [-0.15, -0.1) is 0 Å². The molecule has 2 amide bonds. The lowest BCUT2D eigenvalue weighted by atomic mass is 9.91. The van der Waals surface area contributed by atoms with Gasteiger partial charge in [-0.05, 0) is 24.6 Å². The van der Waals surface area contributed by atoms with E-state index in [1.54, 1.807) is 0 Å². The van der Waals surface area contributed by atoms with Crippen molar-refractivity contribution < 1.29 is 27.9 Å². The van der Waals surface area contributed by atoms with Gasteiger partial charge in [-0.2, -0.15) is 18.3 Å². The fourth-order valence-electron chi connectivity index (χ4n) is 2.40. The Balaban J connectivity index is 2.27. The number of nitrogens with zero attached hydrogens (tertiary/aromatic N) is 2. The summed E-state index contributed by atoms with van der Waals surface area (Å²) < 4.78 is 38.7. The summed E-state index contributed by atoms with van der Waals surface area (Å²) in [6.07, 6.45) is -4.30. The molecule has 0 saturated heterocycles. The van der Waals surface area contributed by atoms with Gasteiger partial charge in [-0.1, -0.05) is 12.1 Å². The van der Waals surface area contributed by atoms with Gasteiger partial charge in [0.1, 0.15) is 5.71 Å². The van der Waals surface area contributed by atoms with E-state index in [0.717, 1.165) is 17.1 Å². The Morgan fingerprint density at radius 1 is 1.32 bits per heavy atom. The van der Waals surface area contributed by atoms with E-state index >= 15 is 0 Å². The van der Waals surface area contributed by atoms with Crippen molar-refractivity contribution in [2.24, 2.45) is 5.10 Å². The second-order valence-electron chi connectivity index (χ2n) is 5.99. The Kier molecular flexibility index (Phi) is 5.17. The first-order valence-corrected chi connectivity index (χ1v) is 7.52. The Morgan fingerprint density at radius 2 is 1.96 bits per heavy atom. The molecule has 136 valence electrons. The molecule has 9 heteroatoms. The van der Waals surface area contributed by atoms with Crippen LogP contribution in [-0.2, 0) is 21.3 Å². The molecule has 1 aromatic rings. The number of hydrogen-bond acceptors (Lipinski definition) is 4. The van der Waals surface area contributed by atoms with E-state index in [1.807, 2.05) is 0 Å². The first-order chi connectivity index (χ1) is 11.6. The van der Waals surface area contributed by atoms with Crippen molar-refractivity contribution in [3.05, 3.63) is 35.4 Å². The number of amides is 2.